The second-order valence-corrected chi connectivity index (χ2v) is 9.36. The molecule has 168 valence electrons. The van der Waals surface area contributed by atoms with Crippen molar-refractivity contribution in [2.24, 2.45) is 0 Å². The first-order valence-electron chi connectivity index (χ1n) is 11.6. The number of hydrogen-bond acceptors (Lipinski definition) is 6. The molecule has 0 saturated heterocycles. The molecule has 1 N–H and O–H groups in total. The zero-order valence-corrected chi connectivity index (χ0v) is 18.7. The van der Waals surface area contributed by atoms with E-state index in [4.69, 9.17) is 0 Å². The minimum absolute atomic E-state index is 0.0290. The number of carbonyl (C=O) groups excluding carboxylic acids is 1. The van der Waals surface area contributed by atoms with E-state index in [1.54, 1.807) is 17.1 Å². The number of Topliss-reactive ketones (excluding diaryl/α,β-unsaturated/α-hetero) is 1. The maximum Gasteiger partial charge on any atom is 0.170 e. The minimum atomic E-state index is -0.651. The first-order chi connectivity index (χ1) is 16.0. The molecule has 0 bridgehead atoms. The predicted molar refractivity (Wildman–Crippen MR) is 122 cm³/mol. The van der Waals surface area contributed by atoms with Crippen molar-refractivity contribution in [3.8, 4) is 11.9 Å². The van der Waals surface area contributed by atoms with Crippen molar-refractivity contribution in [2.45, 2.75) is 69.3 Å². The Hall–Kier alpha value is -3.37. The van der Waals surface area contributed by atoms with Gasteiger partial charge >= 0.3 is 0 Å². The number of hydrogen-bond donors (Lipinski definition) is 1. The monoisotopic (exact) mass is 441 g/mol. The van der Waals surface area contributed by atoms with E-state index in [1.165, 1.54) is 18.4 Å². The SMILES string of the molecule is Cc1c(C(=O)Cc2ccc(C3(C#N)CCC(O)CC3)nc2)cnn1-c1ccc(C2CC2)cn1. The van der Waals surface area contributed by atoms with Crippen molar-refractivity contribution >= 4 is 5.78 Å². The number of aromatic nitrogens is 4. The summed E-state index contributed by atoms with van der Waals surface area (Å²) in [5, 5.41) is 24.0. The molecule has 0 aliphatic heterocycles. The average Bonchev–Trinajstić information content (AvgIpc) is 3.62. The summed E-state index contributed by atoms with van der Waals surface area (Å²) in [4.78, 5) is 22.1. The molecule has 0 spiro atoms. The molecule has 5 rings (SSSR count). The first-order valence-corrected chi connectivity index (χ1v) is 11.6. The topological polar surface area (TPSA) is 105 Å². The van der Waals surface area contributed by atoms with Gasteiger partial charge in [-0.3, -0.25) is 9.78 Å². The van der Waals surface area contributed by atoms with E-state index >= 15 is 0 Å². The number of rotatable bonds is 6. The smallest absolute Gasteiger partial charge is 0.170 e. The van der Waals surface area contributed by atoms with E-state index in [2.05, 4.69) is 27.2 Å². The van der Waals surface area contributed by atoms with E-state index in [1.807, 2.05) is 31.3 Å². The lowest BCUT2D eigenvalue weighted by Crippen LogP contribution is -2.33. The molecule has 0 amide bonds. The zero-order valence-electron chi connectivity index (χ0n) is 18.7. The van der Waals surface area contributed by atoms with Crippen LogP contribution < -0.4 is 0 Å². The Bertz CT molecular complexity index is 1190. The Kier molecular flexibility index (Phi) is 5.55. The second kappa shape index (κ2) is 8.53. The van der Waals surface area contributed by atoms with Crippen LogP contribution in [0.4, 0.5) is 0 Å². The number of aliphatic hydroxyl groups excluding tert-OH is 1. The van der Waals surface area contributed by atoms with Gasteiger partial charge < -0.3 is 5.11 Å². The molecular formula is C26H27N5O2. The summed E-state index contributed by atoms with van der Waals surface area (Å²) >= 11 is 0. The summed E-state index contributed by atoms with van der Waals surface area (Å²) in [6.45, 7) is 1.88. The van der Waals surface area contributed by atoms with Crippen molar-refractivity contribution in [3.05, 3.63) is 70.9 Å². The summed E-state index contributed by atoms with van der Waals surface area (Å²) < 4.78 is 1.71. The molecule has 3 aromatic rings. The van der Waals surface area contributed by atoms with Crippen molar-refractivity contribution in [1.82, 2.24) is 19.7 Å². The molecule has 33 heavy (non-hydrogen) atoms. The zero-order chi connectivity index (χ0) is 23.0. The Balaban J connectivity index is 1.29. The number of carbonyl (C=O) groups is 1. The average molecular weight is 442 g/mol. The van der Waals surface area contributed by atoms with Crippen molar-refractivity contribution < 1.29 is 9.90 Å². The molecule has 0 unspecified atom stereocenters. The Morgan fingerprint density at radius 1 is 1.12 bits per heavy atom. The third-order valence-corrected chi connectivity index (χ3v) is 7.05. The van der Waals surface area contributed by atoms with Gasteiger partial charge in [0.25, 0.3) is 0 Å². The maximum atomic E-state index is 13.0. The van der Waals surface area contributed by atoms with Gasteiger partial charge in [-0.25, -0.2) is 9.67 Å². The molecule has 2 aliphatic carbocycles. The highest BCUT2D eigenvalue weighted by Crippen LogP contribution is 2.40. The summed E-state index contributed by atoms with van der Waals surface area (Å²) in [5.74, 6) is 1.33. The molecule has 0 radical (unpaired) electrons. The van der Waals surface area contributed by atoms with E-state index in [0.717, 1.165) is 17.0 Å². The normalized spacial score (nSPS) is 22.6. The second-order valence-electron chi connectivity index (χ2n) is 9.36. The summed E-state index contributed by atoms with van der Waals surface area (Å²) in [5.41, 5.74) is 3.46. The highest BCUT2D eigenvalue weighted by molar-refractivity contribution is 5.98. The number of nitriles is 1. The van der Waals surface area contributed by atoms with Gasteiger partial charge in [0.15, 0.2) is 11.6 Å². The van der Waals surface area contributed by atoms with Gasteiger partial charge in [-0.15, -0.1) is 0 Å². The van der Waals surface area contributed by atoms with Crippen LogP contribution in [0.2, 0.25) is 0 Å². The van der Waals surface area contributed by atoms with E-state index in [9.17, 15) is 15.2 Å². The number of ketones is 1. The van der Waals surface area contributed by atoms with Gasteiger partial charge in [0.1, 0.15) is 0 Å². The quantitative estimate of drug-likeness (QED) is 0.581. The fraction of sp³-hybridized carbons (Fsp3) is 0.423. The summed E-state index contributed by atoms with van der Waals surface area (Å²) in [6, 6.07) is 10.2. The van der Waals surface area contributed by atoms with Gasteiger partial charge in [0.05, 0.1) is 40.7 Å². The highest BCUT2D eigenvalue weighted by atomic mass is 16.3. The molecule has 2 aliphatic rings. The maximum absolute atomic E-state index is 13.0. The van der Waals surface area contributed by atoms with E-state index in [-0.39, 0.29) is 18.3 Å². The van der Waals surface area contributed by atoms with Gasteiger partial charge in [-0.1, -0.05) is 12.1 Å². The van der Waals surface area contributed by atoms with Crippen molar-refractivity contribution in [1.29, 1.82) is 5.26 Å². The van der Waals surface area contributed by atoms with E-state index in [0.29, 0.717) is 43.0 Å². The Morgan fingerprint density at radius 3 is 2.52 bits per heavy atom. The van der Waals surface area contributed by atoms with Gasteiger partial charge in [0, 0.05) is 18.8 Å². The first kappa shape index (κ1) is 21.5. The lowest BCUT2D eigenvalue weighted by atomic mass is 9.72. The molecule has 0 aromatic carbocycles. The number of aliphatic hydroxyl groups is 1. The fourth-order valence-electron chi connectivity index (χ4n) is 4.71. The third kappa shape index (κ3) is 4.19. The van der Waals surface area contributed by atoms with Crippen LogP contribution >= 0.6 is 0 Å². The van der Waals surface area contributed by atoms with Crippen molar-refractivity contribution in [3.63, 3.8) is 0 Å². The van der Waals surface area contributed by atoms with Crippen molar-refractivity contribution in [2.75, 3.05) is 0 Å². The van der Waals surface area contributed by atoms with Crippen LogP contribution in [-0.4, -0.2) is 36.7 Å². The number of nitrogens with zero attached hydrogens (tertiary/aromatic N) is 5. The standard InChI is InChI=1S/C26H27N5O2/c1-17-22(15-30-31(17)25-7-5-20(14-29-25)19-3-4-19)23(33)12-18-2-6-24(28-13-18)26(16-27)10-8-21(32)9-11-26/h2,5-7,13-15,19,21,32H,3-4,8-12H2,1H3. The fourth-order valence-corrected chi connectivity index (χ4v) is 4.71. The van der Waals surface area contributed by atoms with Gasteiger partial charge in [0.2, 0.25) is 0 Å². The van der Waals surface area contributed by atoms with Crippen LogP contribution in [0.15, 0.2) is 42.9 Å². The van der Waals surface area contributed by atoms with Crippen LogP contribution in [0, 0.1) is 18.3 Å². The summed E-state index contributed by atoms with van der Waals surface area (Å²) in [7, 11) is 0. The van der Waals surface area contributed by atoms with Crippen LogP contribution in [0.5, 0.6) is 0 Å². The van der Waals surface area contributed by atoms with E-state index < -0.39 is 5.41 Å². The predicted octanol–water partition coefficient (Wildman–Crippen LogP) is 3.97. The molecule has 0 atom stereocenters. The minimum Gasteiger partial charge on any atom is -0.393 e. The lowest BCUT2D eigenvalue weighted by Gasteiger charge is -2.32. The molecular weight excluding hydrogens is 414 g/mol. The Labute approximate surface area is 193 Å². The van der Waals surface area contributed by atoms with Crippen LogP contribution in [-0.2, 0) is 11.8 Å². The lowest BCUT2D eigenvalue weighted by molar-refractivity contribution is 0.0991. The summed E-state index contributed by atoms with van der Waals surface area (Å²) in [6.07, 6.45) is 9.97. The molecule has 3 aromatic heterocycles. The highest BCUT2D eigenvalue weighted by Gasteiger charge is 2.38. The van der Waals surface area contributed by atoms with Gasteiger partial charge in [-0.05, 0) is 74.6 Å². The Morgan fingerprint density at radius 2 is 1.91 bits per heavy atom. The largest absolute Gasteiger partial charge is 0.393 e. The molecule has 2 saturated carbocycles. The van der Waals surface area contributed by atoms with Crippen LogP contribution in [0.3, 0.4) is 0 Å². The molecule has 7 heteroatoms. The van der Waals surface area contributed by atoms with Crippen LogP contribution in [0.25, 0.3) is 5.82 Å². The van der Waals surface area contributed by atoms with Gasteiger partial charge in [-0.2, -0.15) is 10.4 Å². The third-order valence-electron chi connectivity index (χ3n) is 7.05. The number of pyridine rings is 2. The molecule has 7 nitrogen and oxygen atoms in total. The molecule has 3 heterocycles. The molecule has 2 fully saturated rings. The van der Waals surface area contributed by atoms with Crippen LogP contribution in [0.1, 0.15) is 77.3 Å².